The summed E-state index contributed by atoms with van der Waals surface area (Å²) in [4.78, 5) is 27.7. The first-order valence-corrected chi connectivity index (χ1v) is 11.8. The predicted octanol–water partition coefficient (Wildman–Crippen LogP) is 7.73. The van der Waals surface area contributed by atoms with Gasteiger partial charge >= 0.3 is 5.97 Å². The summed E-state index contributed by atoms with van der Waals surface area (Å²) in [6.07, 6.45) is 6.10. The average molecular weight is 445 g/mol. The number of ether oxygens (including phenoxy) is 1. The van der Waals surface area contributed by atoms with Gasteiger partial charge in [0.15, 0.2) is 5.78 Å². The van der Waals surface area contributed by atoms with Gasteiger partial charge in [-0.25, -0.2) is 4.79 Å². The normalized spacial score (nSPS) is 11.2. The molecule has 4 heteroatoms. The van der Waals surface area contributed by atoms with Gasteiger partial charge in [0.2, 0.25) is 0 Å². The molecular formula is C28H28O3S. The van der Waals surface area contributed by atoms with Gasteiger partial charge in [-0.1, -0.05) is 74.3 Å². The highest BCUT2D eigenvalue weighted by atomic mass is 32.2. The maximum absolute atomic E-state index is 13.2. The van der Waals surface area contributed by atoms with E-state index in [2.05, 4.69) is 19.1 Å². The van der Waals surface area contributed by atoms with Crippen LogP contribution < -0.4 is 0 Å². The number of ketones is 1. The molecule has 0 bridgehead atoms. The van der Waals surface area contributed by atoms with Crippen LogP contribution in [0.3, 0.4) is 0 Å². The van der Waals surface area contributed by atoms with E-state index in [1.54, 1.807) is 36.0 Å². The van der Waals surface area contributed by atoms with Crippen molar-refractivity contribution in [3.8, 4) is 0 Å². The molecule has 3 aromatic carbocycles. The summed E-state index contributed by atoms with van der Waals surface area (Å²) in [5.41, 5.74) is 1.58. The van der Waals surface area contributed by atoms with E-state index in [9.17, 15) is 9.59 Å². The number of esters is 1. The van der Waals surface area contributed by atoms with E-state index in [1.807, 2.05) is 48.5 Å². The lowest BCUT2D eigenvalue weighted by molar-refractivity contribution is 0.0659. The van der Waals surface area contributed by atoms with Crippen molar-refractivity contribution < 1.29 is 14.3 Å². The Morgan fingerprint density at radius 2 is 1.38 bits per heavy atom. The van der Waals surface area contributed by atoms with Crippen LogP contribution in [-0.4, -0.2) is 11.8 Å². The number of unbranched alkanes of at least 4 members (excludes halogenated alkanes) is 3. The molecule has 0 radical (unpaired) electrons. The zero-order valence-electron chi connectivity index (χ0n) is 18.3. The van der Waals surface area contributed by atoms with Gasteiger partial charge in [-0.3, -0.25) is 4.79 Å². The lowest BCUT2D eigenvalue weighted by Crippen LogP contribution is -2.07. The van der Waals surface area contributed by atoms with Crippen LogP contribution in [0.25, 0.3) is 0 Å². The number of allylic oxidation sites excluding steroid dienone is 1. The second-order valence-corrected chi connectivity index (χ2v) is 8.64. The molecule has 0 unspecified atom stereocenters. The molecule has 3 rings (SSSR count). The van der Waals surface area contributed by atoms with Gasteiger partial charge in [-0.15, -0.1) is 0 Å². The number of rotatable bonds is 11. The molecule has 3 aromatic rings. The standard InChI is InChI=1S/C28H28O3S/c1-2-3-4-7-14-24(21-31-28(30)23-12-8-5-9-13-23)27(29)22-17-19-26(20-18-22)32-25-15-10-6-11-16-25/h5-6,8-13,15-21H,2-4,7,14H2,1H3/b24-21-. The third kappa shape index (κ3) is 7.24. The van der Waals surface area contributed by atoms with Crippen molar-refractivity contribution in [2.24, 2.45) is 0 Å². The van der Waals surface area contributed by atoms with Crippen molar-refractivity contribution in [2.45, 2.75) is 48.8 Å². The van der Waals surface area contributed by atoms with Crippen LogP contribution in [0.2, 0.25) is 0 Å². The Kier molecular flexibility index (Phi) is 9.33. The molecule has 0 aliphatic rings. The third-order valence-electron chi connectivity index (χ3n) is 5.00. The Morgan fingerprint density at radius 1 is 0.750 bits per heavy atom. The van der Waals surface area contributed by atoms with Crippen LogP contribution in [-0.2, 0) is 4.74 Å². The quantitative estimate of drug-likeness (QED) is 0.0997. The van der Waals surface area contributed by atoms with Crippen molar-refractivity contribution >= 4 is 23.5 Å². The second kappa shape index (κ2) is 12.7. The van der Waals surface area contributed by atoms with Gasteiger partial charge in [0.1, 0.15) is 6.26 Å². The van der Waals surface area contributed by atoms with Gasteiger partial charge in [0.25, 0.3) is 0 Å². The van der Waals surface area contributed by atoms with Crippen LogP contribution in [0.1, 0.15) is 59.7 Å². The lowest BCUT2D eigenvalue weighted by atomic mass is 9.99. The monoisotopic (exact) mass is 444 g/mol. The molecule has 0 aromatic heterocycles. The first-order chi connectivity index (χ1) is 15.7. The molecule has 0 fully saturated rings. The number of Topliss-reactive ketones (excluding diaryl/α,β-unsaturated/α-hetero) is 1. The minimum Gasteiger partial charge on any atom is -0.430 e. The Bertz CT molecular complexity index is 1030. The van der Waals surface area contributed by atoms with Gasteiger partial charge < -0.3 is 4.74 Å². The van der Waals surface area contributed by atoms with E-state index in [4.69, 9.17) is 4.74 Å². The molecule has 0 saturated carbocycles. The van der Waals surface area contributed by atoms with E-state index < -0.39 is 5.97 Å². The Hall–Kier alpha value is -3.11. The number of benzene rings is 3. The first kappa shape index (κ1) is 23.6. The zero-order chi connectivity index (χ0) is 22.6. The SMILES string of the molecule is CCCCCC/C(=C/OC(=O)c1ccccc1)C(=O)c1ccc(Sc2ccccc2)cc1. The minimum atomic E-state index is -0.459. The van der Waals surface area contributed by atoms with Gasteiger partial charge in [0, 0.05) is 20.9 Å². The smallest absolute Gasteiger partial charge is 0.342 e. The Labute approximate surface area is 194 Å². The molecule has 0 aliphatic carbocycles. The van der Waals surface area contributed by atoms with Crippen molar-refractivity contribution in [3.05, 3.63) is 108 Å². The molecule has 0 aliphatic heterocycles. The molecule has 0 atom stereocenters. The van der Waals surface area contributed by atoms with Gasteiger partial charge in [-0.05, 0) is 61.4 Å². The Balaban J connectivity index is 1.71. The summed E-state index contributed by atoms with van der Waals surface area (Å²) in [6, 6.07) is 26.5. The van der Waals surface area contributed by atoms with Crippen LogP contribution in [0.5, 0.6) is 0 Å². The highest BCUT2D eigenvalue weighted by Crippen LogP contribution is 2.28. The molecule has 164 valence electrons. The summed E-state index contributed by atoms with van der Waals surface area (Å²) < 4.78 is 5.37. The largest absolute Gasteiger partial charge is 0.430 e. The maximum atomic E-state index is 13.2. The minimum absolute atomic E-state index is 0.0985. The highest BCUT2D eigenvalue weighted by Gasteiger charge is 2.15. The first-order valence-electron chi connectivity index (χ1n) is 11.0. The third-order valence-corrected chi connectivity index (χ3v) is 6.02. The van der Waals surface area contributed by atoms with Crippen LogP contribution >= 0.6 is 11.8 Å². The topological polar surface area (TPSA) is 43.4 Å². The van der Waals surface area contributed by atoms with Crippen molar-refractivity contribution in [2.75, 3.05) is 0 Å². The second-order valence-electron chi connectivity index (χ2n) is 7.49. The summed E-state index contributed by atoms with van der Waals surface area (Å²) in [6.45, 7) is 2.15. The van der Waals surface area contributed by atoms with Crippen molar-refractivity contribution in [1.82, 2.24) is 0 Å². The molecule has 3 nitrogen and oxygen atoms in total. The molecule has 0 amide bonds. The van der Waals surface area contributed by atoms with E-state index >= 15 is 0 Å². The van der Waals surface area contributed by atoms with Crippen LogP contribution in [0.15, 0.2) is 107 Å². The van der Waals surface area contributed by atoms with Gasteiger partial charge in [-0.2, -0.15) is 0 Å². The summed E-state index contributed by atoms with van der Waals surface area (Å²) in [5.74, 6) is -0.558. The molecule has 0 spiro atoms. The van der Waals surface area contributed by atoms with Crippen molar-refractivity contribution in [1.29, 1.82) is 0 Å². The number of hydrogen-bond acceptors (Lipinski definition) is 4. The summed E-state index contributed by atoms with van der Waals surface area (Å²) in [5, 5.41) is 0. The fourth-order valence-electron chi connectivity index (χ4n) is 3.22. The summed E-state index contributed by atoms with van der Waals surface area (Å²) >= 11 is 1.65. The van der Waals surface area contributed by atoms with Crippen LogP contribution in [0.4, 0.5) is 0 Å². The fourth-order valence-corrected chi connectivity index (χ4v) is 4.06. The molecular weight excluding hydrogens is 416 g/mol. The van der Waals surface area contributed by atoms with Crippen molar-refractivity contribution in [3.63, 3.8) is 0 Å². The highest BCUT2D eigenvalue weighted by molar-refractivity contribution is 7.99. The summed E-state index contributed by atoms with van der Waals surface area (Å²) in [7, 11) is 0. The molecule has 32 heavy (non-hydrogen) atoms. The Morgan fingerprint density at radius 3 is 2.03 bits per heavy atom. The van der Waals surface area contributed by atoms with Crippen LogP contribution in [0, 0.1) is 0 Å². The predicted molar refractivity (Wildman–Crippen MR) is 130 cm³/mol. The number of carbonyl (C=O) groups excluding carboxylic acids is 2. The molecule has 0 N–H and O–H groups in total. The molecule has 0 saturated heterocycles. The molecule has 0 heterocycles. The van der Waals surface area contributed by atoms with E-state index in [-0.39, 0.29) is 5.78 Å². The average Bonchev–Trinajstić information content (AvgIpc) is 2.84. The van der Waals surface area contributed by atoms with E-state index in [0.29, 0.717) is 23.1 Å². The van der Waals surface area contributed by atoms with Gasteiger partial charge in [0.05, 0.1) is 5.56 Å². The lowest BCUT2D eigenvalue weighted by Gasteiger charge is -2.09. The number of carbonyl (C=O) groups is 2. The van der Waals surface area contributed by atoms with E-state index in [0.717, 1.165) is 35.5 Å². The van der Waals surface area contributed by atoms with E-state index in [1.165, 1.54) is 6.26 Å². The zero-order valence-corrected chi connectivity index (χ0v) is 19.1. The fraction of sp³-hybridized carbons (Fsp3) is 0.214. The number of hydrogen-bond donors (Lipinski definition) is 0. The maximum Gasteiger partial charge on any atom is 0.342 e.